The van der Waals surface area contributed by atoms with Crippen molar-refractivity contribution in [3.8, 4) is 0 Å². The van der Waals surface area contributed by atoms with Crippen LogP contribution in [0.1, 0.15) is 13.8 Å². The number of ether oxygens (including phenoxy) is 4. The number of aliphatic carboxylic acids is 1. The minimum Gasteiger partial charge on any atom is -0.481 e. The van der Waals surface area contributed by atoms with Gasteiger partial charge in [0, 0.05) is 7.11 Å². The number of hydrogen-bond acceptors (Lipinski definition) is 5. The lowest BCUT2D eigenvalue weighted by atomic mass is 9.97. The first-order valence-corrected chi connectivity index (χ1v) is 5.79. The summed E-state index contributed by atoms with van der Waals surface area (Å²) in [5, 5.41) is 9.15. The number of hydrogen-bond donors (Lipinski definition) is 1. The molecule has 1 N–H and O–H groups in total. The van der Waals surface area contributed by atoms with Crippen LogP contribution >= 0.6 is 0 Å². The molecular formula is C12H18O6. The molecule has 2 aliphatic heterocycles. The summed E-state index contributed by atoms with van der Waals surface area (Å²) in [7, 11) is 1.49. The van der Waals surface area contributed by atoms with Gasteiger partial charge >= 0.3 is 5.97 Å². The molecule has 0 aromatic carbocycles. The molecule has 18 heavy (non-hydrogen) atoms. The molecule has 5 atom stereocenters. The van der Waals surface area contributed by atoms with Crippen LogP contribution in [0.15, 0.2) is 12.7 Å². The van der Waals surface area contributed by atoms with Crippen LogP contribution in [-0.4, -0.2) is 48.6 Å². The summed E-state index contributed by atoms with van der Waals surface area (Å²) in [6.07, 6.45) is -0.822. The van der Waals surface area contributed by atoms with E-state index in [9.17, 15) is 4.79 Å². The number of carboxylic acids is 1. The zero-order valence-corrected chi connectivity index (χ0v) is 10.7. The van der Waals surface area contributed by atoms with Gasteiger partial charge in [-0.3, -0.25) is 4.79 Å². The van der Waals surface area contributed by atoms with Crippen LogP contribution in [0.2, 0.25) is 0 Å². The Balaban J connectivity index is 2.23. The van der Waals surface area contributed by atoms with E-state index >= 15 is 0 Å². The van der Waals surface area contributed by atoms with E-state index in [0.29, 0.717) is 0 Å². The monoisotopic (exact) mass is 258 g/mol. The largest absolute Gasteiger partial charge is 0.481 e. The van der Waals surface area contributed by atoms with Gasteiger partial charge in [0.1, 0.15) is 24.2 Å². The highest BCUT2D eigenvalue weighted by molar-refractivity contribution is 5.73. The molecule has 6 heteroatoms. The molecule has 2 fully saturated rings. The molecule has 2 saturated heterocycles. The van der Waals surface area contributed by atoms with E-state index in [-0.39, 0.29) is 0 Å². The summed E-state index contributed by atoms with van der Waals surface area (Å²) in [5.74, 6) is -2.62. The highest BCUT2D eigenvalue weighted by atomic mass is 16.8. The molecule has 0 spiro atoms. The Morgan fingerprint density at radius 1 is 1.44 bits per heavy atom. The second-order valence-corrected chi connectivity index (χ2v) is 4.87. The fourth-order valence-electron chi connectivity index (χ4n) is 2.45. The fraction of sp³-hybridized carbons (Fsp3) is 0.750. The molecule has 102 valence electrons. The normalized spacial score (nSPS) is 39.3. The van der Waals surface area contributed by atoms with Crippen molar-refractivity contribution in [2.45, 2.75) is 44.2 Å². The summed E-state index contributed by atoms with van der Waals surface area (Å²) in [6, 6.07) is 0. The molecular weight excluding hydrogens is 240 g/mol. The average molecular weight is 258 g/mol. The zero-order valence-electron chi connectivity index (χ0n) is 10.7. The van der Waals surface area contributed by atoms with Gasteiger partial charge in [0.15, 0.2) is 12.1 Å². The first kappa shape index (κ1) is 13.5. The van der Waals surface area contributed by atoms with Gasteiger partial charge in [0.2, 0.25) is 0 Å². The van der Waals surface area contributed by atoms with Crippen molar-refractivity contribution >= 4 is 5.97 Å². The zero-order chi connectivity index (χ0) is 13.5. The average Bonchev–Trinajstić information content (AvgIpc) is 2.73. The molecule has 0 amide bonds. The molecule has 6 nitrogen and oxygen atoms in total. The Morgan fingerprint density at radius 3 is 2.56 bits per heavy atom. The topological polar surface area (TPSA) is 74.2 Å². The van der Waals surface area contributed by atoms with Crippen molar-refractivity contribution in [3.05, 3.63) is 12.7 Å². The number of methoxy groups -OCH3 is 1. The minimum atomic E-state index is -1.00. The number of carboxylic acid groups (broad SMARTS) is 1. The highest BCUT2D eigenvalue weighted by Crippen LogP contribution is 2.41. The molecule has 2 rings (SSSR count). The molecule has 0 aliphatic carbocycles. The minimum absolute atomic E-state index is 0.420. The Kier molecular flexibility index (Phi) is 3.46. The Bertz CT molecular complexity index is 352. The number of rotatable bonds is 4. The third-order valence-corrected chi connectivity index (χ3v) is 3.17. The third kappa shape index (κ3) is 2.16. The van der Waals surface area contributed by atoms with Gasteiger partial charge in [-0.1, -0.05) is 6.08 Å². The maximum absolute atomic E-state index is 11.2. The standard InChI is InChI=1S/C12H18O6/c1-5-6(10(13)14)7-8-9(11(15-4)16-7)18-12(2,3)17-8/h5-9,11H,1H2,2-4H3,(H,13,14)/t6-,7+,8+,9+,11+/m0/s1. The van der Waals surface area contributed by atoms with Gasteiger partial charge < -0.3 is 24.1 Å². The van der Waals surface area contributed by atoms with Gasteiger partial charge in [-0.15, -0.1) is 6.58 Å². The van der Waals surface area contributed by atoms with Crippen molar-refractivity contribution in [2.24, 2.45) is 5.92 Å². The summed E-state index contributed by atoms with van der Waals surface area (Å²) in [4.78, 5) is 11.2. The van der Waals surface area contributed by atoms with Crippen LogP contribution in [0.4, 0.5) is 0 Å². The highest BCUT2D eigenvalue weighted by Gasteiger charge is 2.58. The van der Waals surface area contributed by atoms with E-state index in [0.717, 1.165) is 0 Å². The molecule has 2 aliphatic rings. The Hall–Kier alpha value is -0.950. The smallest absolute Gasteiger partial charge is 0.313 e. The molecule has 2 heterocycles. The lowest BCUT2D eigenvalue weighted by Crippen LogP contribution is -2.38. The first-order chi connectivity index (χ1) is 8.39. The van der Waals surface area contributed by atoms with Gasteiger partial charge in [-0.05, 0) is 13.8 Å². The quantitative estimate of drug-likeness (QED) is 0.751. The molecule has 0 radical (unpaired) electrons. The van der Waals surface area contributed by atoms with Crippen molar-refractivity contribution in [1.82, 2.24) is 0 Å². The first-order valence-electron chi connectivity index (χ1n) is 5.79. The van der Waals surface area contributed by atoms with Gasteiger partial charge in [0.05, 0.1) is 0 Å². The van der Waals surface area contributed by atoms with Crippen LogP contribution in [0, 0.1) is 5.92 Å². The number of fused-ring (bicyclic) bond motifs is 1. The van der Waals surface area contributed by atoms with Crippen LogP contribution in [-0.2, 0) is 23.7 Å². The summed E-state index contributed by atoms with van der Waals surface area (Å²) >= 11 is 0. The van der Waals surface area contributed by atoms with Crippen molar-refractivity contribution in [3.63, 3.8) is 0 Å². The van der Waals surface area contributed by atoms with Crippen molar-refractivity contribution in [2.75, 3.05) is 7.11 Å². The maximum atomic E-state index is 11.2. The van der Waals surface area contributed by atoms with E-state index in [1.807, 2.05) is 0 Å². The predicted molar refractivity (Wildman–Crippen MR) is 60.8 cm³/mol. The summed E-state index contributed by atoms with van der Waals surface area (Å²) in [6.45, 7) is 7.08. The number of carbonyl (C=O) groups is 1. The fourth-order valence-corrected chi connectivity index (χ4v) is 2.45. The molecule has 0 saturated carbocycles. The van der Waals surface area contributed by atoms with Gasteiger partial charge in [-0.2, -0.15) is 0 Å². The van der Waals surface area contributed by atoms with Crippen LogP contribution < -0.4 is 0 Å². The van der Waals surface area contributed by atoms with Gasteiger partial charge in [0.25, 0.3) is 0 Å². The molecule has 0 bridgehead atoms. The lowest BCUT2D eigenvalue weighted by molar-refractivity contribution is -0.231. The van der Waals surface area contributed by atoms with E-state index in [1.165, 1.54) is 13.2 Å². The van der Waals surface area contributed by atoms with Crippen LogP contribution in [0.5, 0.6) is 0 Å². The summed E-state index contributed by atoms with van der Waals surface area (Å²) in [5.41, 5.74) is 0. The summed E-state index contributed by atoms with van der Waals surface area (Å²) < 4.78 is 22.1. The second-order valence-electron chi connectivity index (χ2n) is 4.87. The molecule has 0 aromatic rings. The lowest BCUT2D eigenvalue weighted by Gasteiger charge is -2.25. The van der Waals surface area contributed by atoms with E-state index in [1.54, 1.807) is 13.8 Å². The van der Waals surface area contributed by atoms with Crippen molar-refractivity contribution in [1.29, 1.82) is 0 Å². The van der Waals surface area contributed by atoms with E-state index < -0.39 is 42.3 Å². The Morgan fingerprint density at radius 2 is 2.06 bits per heavy atom. The maximum Gasteiger partial charge on any atom is 0.313 e. The second kappa shape index (κ2) is 4.62. The predicted octanol–water partition coefficient (Wildman–Crippen LogP) is 0.765. The third-order valence-electron chi connectivity index (χ3n) is 3.17. The van der Waals surface area contributed by atoms with Crippen molar-refractivity contribution < 1.29 is 28.8 Å². The van der Waals surface area contributed by atoms with Crippen LogP contribution in [0.3, 0.4) is 0 Å². The Labute approximate surface area is 105 Å². The van der Waals surface area contributed by atoms with E-state index in [2.05, 4.69) is 6.58 Å². The molecule has 0 aromatic heterocycles. The van der Waals surface area contributed by atoms with Crippen LogP contribution in [0.25, 0.3) is 0 Å². The van der Waals surface area contributed by atoms with Gasteiger partial charge in [-0.25, -0.2) is 0 Å². The SMILES string of the molecule is C=C[C@H](C(=O)O)[C@H]1O[C@@H](OC)[C@@H]2OC(C)(C)O[C@@H]21. The van der Waals surface area contributed by atoms with E-state index in [4.69, 9.17) is 24.1 Å². The molecule has 0 unspecified atom stereocenters.